The molecule has 1 aliphatic rings. The number of halogens is 1. The lowest BCUT2D eigenvalue weighted by Gasteiger charge is -2.12. The van der Waals surface area contributed by atoms with Crippen molar-refractivity contribution in [3.05, 3.63) is 24.0 Å². The number of aromatic amines is 1. The number of H-pyrrole nitrogens is 1. The fourth-order valence-electron chi connectivity index (χ4n) is 2.05. The molecular weight excluding hydrogens is 209 g/mol. The Morgan fingerprint density at radius 2 is 2.38 bits per heavy atom. The van der Waals surface area contributed by atoms with Crippen molar-refractivity contribution < 1.29 is 9.50 Å². The van der Waals surface area contributed by atoms with E-state index < -0.39 is 0 Å². The van der Waals surface area contributed by atoms with Crippen molar-refractivity contribution in [1.29, 1.82) is 0 Å². The summed E-state index contributed by atoms with van der Waals surface area (Å²) in [5, 5.41) is 9.44. The van der Waals surface area contributed by atoms with Crippen molar-refractivity contribution in [3.8, 4) is 0 Å². The number of aromatic nitrogens is 2. The third-order valence-corrected chi connectivity index (χ3v) is 2.89. The summed E-state index contributed by atoms with van der Waals surface area (Å²) >= 11 is 0. The van der Waals surface area contributed by atoms with Gasteiger partial charge in [0.05, 0.1) is 17.1 Å². The van der Waals surface area contributed by atoms with E-state index >= 15 is 0 Å². The lowest BCUT2D eigenvalue weighted by Crippen LogP contribution is -2.22. The lowest BCUT2D eigenvalue weighted by molar-refractivity contribution is 0.198. The first-order valence-corrected chi connectivity index (χ1v) is 5.30. The standard InChI is InChI=1S/C11H12FN3O/c12-7-1-2-9-10(5-7)14-11(13-9)15-4-3-8(16)6-15/h1-2,5,8,16H,3-4,6H2,(H,13,14). The van der Waals surface area contributed by atoms with Crippen molar-refractivity contribution in [2.24, 2.45) is 0 Å². The first-order chi connectivity index (χ1) is 7.72. The second kappa shape index (κ2) is 3.45. The van der Waals surface area contributed by atoms with E-state index in [4.69, 9.17) is 0 Å². The average Bonchev–Trinajstić information content (AvgIpc) is 2.83. The van der Waals surface area contributed by atoms with Crippen LogP contribution in [0.15, 0.2) is 18.2 Å². The van der Waals surface area contributed by atoms with Crippen molar-refractivity contribution >= 4 is 17.0 Å². The molecule has 1 saturated heterocycles. The number of β-amino-alcohol motifs (C(OH)–C–C–N with tert-alkyl or cyclic N) is 1. The Labute approximate surface area is 91.7 Å². The maximum atomic E-state index is 13.0. The Morgan fingerprint density at radius 1 is 1.50 bits per heavy atom. The largest absolute Gasteiger partial charge is 0.391 e. The maximum Gasteiger partial charge on any atom is 0.203 e. The summed E-state index contributed by atoms with van der Waals surface area (Å²) < 4.78 is 13.0. The van der Waals surface area contributed by atoms with Crippen LogP contribution in [0.25, 0.3) is 11.0 Å². The minimum Gasteiger partial charge on any atom is -0.391 e. The number of fused-ring (bicyclic) bond motifs is 1. The van der Waals surface area contributed by atoms with Gasteiger partial charge in [-0.1, -0.05) is 0 Å². The third kappa shape index (κ3) is 1.53. The first kappa shape index (κ1) is 9.59. The van der Waals surface area contributed by atoms with E-state index in [1.54, 1.807) is 6.07 Å². The Bertz CT molecular complexity index is 525. The molecule has 1 aromatic carbocycles. The van der Waals surface area contributed by atoms with Gasteiger partial charge in [0.25, 0.3) is 0 Å². The number of anilines is 1. The van der Waals surface area contributed by atoms with Crippen molar-refractivity contribution in [3.63, 3.8) is 0 Å². The van der Waals surface area contributed by atoms with Gasteiger partial charge < -0.3 is 15.0 Å². The molecule has 1 fully saturated rings. The van der Waals surface area contributed by atoms with Gasteiger partial charge >= 0.3 is 0 Å². The second-order valence-corrected chi connectivity index (χ2v) is 4.11. The molecule has 0 aliphatic carbocycles. The van der Waals surface area contributed by atoms with Gasteiger partial charge in [-0.2, -0.15) is 0 Å². The minimum atomic E-state index is -0.287. The van der Waals surface area contributed by atoms with E-state index in [1.165, 1.54) is 12.1 Å². The fourth-order valence-corrected chi connectivity index (χ4v) is 2.05. The Balaban J connectivity index is 1.99. The topological polar surface area (TPSA) is 52.1 Å². The van der Waals surface area contributed by atoms with Crippen LogP contribution in [0.4, 0.5) is 10.3 Å². The number of benzene rings is 1. The summed E-state index contributed by atoms with van der Waals surface area (Å²) in [4.78, 5) is 9.40. The van der Waals surface area contributed by atoms with Crippen LogP contribution in [-0.4, -0.2) is 34.3 Å². The summed E-state index contributed by atoms with van der Waals surface area (Å²) in [6.07, 6.45) is 0.468. The molecule has 0 spiro atoms. The number of aliphatic hydroxyl groups excluding tert-OH is 1. The Morgan fingerprint density at radius 3 is 3.12 bits per heavy atom. The van der Waals surface area contributed by atoms with Gasteiger partial charge in [-0.05, 0) is 24.6 Å². The van der Waals surface area contributed by atoms with E-state index in [0.29, 0.717) is 18.0 Å². The number of nitrogens with one attached hydrogen (secondary N) is 1. The number of aliphatic hydroxyl groups is 1. The van der Waals surface area contributed by atoms with Gasteiger partial charge in [-0.25, -0.2) is 9.37 Å². The van der Waals surface area contributed by atoms with Gasteiger partial charge in [0.2, 0.25) is 5.95 Å². The van der Waals surface area contributed by atoms with E-state index in [1.807, 2.05) is 4.90 Å². The Hall–Kier alpha value is -1.62. The Kier molecular flexibility index (Phi) is 2.07. The molecule has 1 aromatic heterocycles. The molecule has 84 valence electrons. The molecule has 0 amide bonds. The van der Waals surface area contributed by atoms with E-state index in [-0.39, 0.29) is 11.9 Å². The molecular formula is C11H12FN3O. The lowest BCUT2D eigenvalue weighted by atomic mass is 10.3. The molecule has 5 heteroatoms. The quantitative estimate of drug-likeness (QED) is 0.762. The third-order valence-electron chi connectivity index (χ3n) is 2.89. The highest BCUT2D eigenvalue weighted by Gasteiger charge is 2.22. The van der Waals surface area contributed by atoms with Crippen LogP contribution in [0.5, 0.6) is 0 Å². The van der Waals surface area contributed by atoms with Crippen LogP contribution in [0, 0.1) is 5.82 Å². The van der Waals surface area contributed by atoms with Crippen LogP contribution >= 0.6 is 0 Å². The molecule has 1 atom stereocenters. The van der Waals surface area contributed by atoms with E-state index in [9.17, 15) is 9.50 Å². The molecule has 2 aromatic rings. The predicted octanol–water partition coefficient (Wildman–Crippen LogP) is 1.27. The molecule has 1 aliphatic heterocycles. The average molecular weight is 221 g/mol. The zero-order valence-electron chi connectivity index (χ0n) is 8.65. The van der Waals surface area contributed by atoms with Crippen LogP contribution in [0.3, 0.4) is 0 Å². The van der Waals surface area contributed by atoms with Crippen LogP contribution in [0.2, 0.25) is 0 Å². The summed E-state index contributed by atoms with van der Waals surface area (Å²) in [5.74, 6) is 0.432. The van der Waals surface area contributed by atoms with Crippen molar-refractivity contribution in [2.75, 3.05) is 18.0 Å². The molecule has 0 saturated carbocycles. The maximum absolute atomic E-state index is 13.0. The zero-order chi connectivity index (χ0) is 11.1. The van der Waals surface area contributed by atoms with Crippen molar-refractivity contribution in [1.82, 2.24) is 9.97 Å². The van der Waals surface area contributed by atoms with Crippen molar-refractivity contribution in [2.45, 2.75) is 12.5 Å². The normalized spacial score (nSPS) is 20.9. The van der Waals surface area contributed by atoms with Crippen LogP contribution < -0.4 is 4.90 Å². The van der Waals surface area contributed by atoms with Gasteiger partial charge in [-0.15, -0.1) is 0 Å². The molecule has 1 unspecified atom stereocenters. The van der Waals surface area contributed by atoms with E-state index in [0.717, 1.165) is 18.5 Å². The minimum absolute atomic E-state index is 0.274. The number of imidazole rings is 1. The molecule has 2 N–H and O–H groups in total. The van der Waals surface area contributed by atoms with Gasteiger partial charge in [0.15, 0.2) is 0 Å². The predicted molar refractivity (Wildman–Crippen MR) is 58.9 cm³/mol. The van der Waals surface area contributed by atoms with Gasteiger partial charge in [-0.3, -0.25) is 0 Å². The molecule has 0 radical (unpaired) electrons. The number of hydrogen-bond donors (Lipinski definition) is 2. The SMILES string of the molecule is OC1CCN(c2nc3ccc(F)cc3[nH]2)C1. The molecule has 0 bridgehead atoms. The van der Waals surface area contributed by atoms with Crippen LogP contribution in [-0.2, 0) is 0 Å². The molecule has 3 rings (SSSR count). The highest BCUT2D eigenvalue weighted by Crippen LogP contribution is 2.21. The monoisotopic (exact) mass is 221 g/mol. The number of rotatable bonds is 1. The molecule has 16 heavy (non-hydrogen) atoms. The fraction of sp³-hybridized carbons (Fsp3) is 0.364. The number of hydrogen-bond acceptors (Lipinski definition) is 3. The van der Waals surface area contributed by atoms with Gasteiger partial charge in [0, 0.05) is 13.1 Å². The number of nitrogens with zero attached hydrogens (tertiary/aromatic N) is 2. The van der Waals surface area contributed by atoms with E-state index in [2.05, 4.69) is 9.97 Å². The molecule has 2 heterocycles. The summed E-state index contributed by atoms with van der Waals surface area (Å²) in [5.41, 5.74) is 1.44. The smallest absolute Gasteiger partial charge is 0.203 e. The highest BCUT2D eigenvalue weighted by molar-refractivity contribution is 5.77. The second-order valence-electron chi connectivity index (χ2n) is 4.11. The summed E-state index contributed by atoms with van der Waals surface area (Å²) in [6.45, 7) is 1.37. The zero-order valence-corrected chi connectivity index (χ0v) is 8.65. The summed E-state index contributed by atoms with van der Waals surface area (Å²) in [6, 6.07) is 4.47. The highest BCUT2D eigenvalue weighted by atomic mass is 19.1. The molecule has 4 nitrogen and oxygen atoms in total. The summed E-state index contributed by atoms with van der Waals surface area (Å²) in [7, 11) is 0. The first-order valence-electron chi connectivity index (χ1n) is 5.30. The van der Waals surface area contributed by atoms with Gasteiger partial charge in [0.1, 0.15) is 5.82 Å². The van der Waals surface area contributed by atoms with Crippen LogP contribution in [0.1, 0.15) is 6.42 Å².